The smallest absolute Gasteiger partial charge is 0.352 e. The fraction of sp³-hybridized carbons (Fsp3) is 0.560. The molecule has 5 rings (SSSR count). The molecule has 2 saturated carbocycles. The maximum Gasteiger partial charge on any atom is 0.352 e. The van der Waals surface area contributed by atoms with Crippen molar-refractivity contribution in [1.82, 2.24) is 29.4 Å². The van der Waals surface area contributed by atoms with Crippen LogP contribution in [0.4, 0.5) is 0 Å². The van der Waals surface area contributed by atoms with Gasteiger partial charge in [-0.15, -0.1) is 5.10 Å². The molecule has 0 spiro atoms. The molecule has 10 heteroatoms. The molecule has 2 N–H and O–H groups in total. The molecule has 2 aliphatic rings. The Morgan fingerprint density at radius 2 is 1.63 bits per heavy atom. The van der Waals surface area contributed by atoms with Crippen molar-refractivity contribution in [2.24, 2.45) is 0 Å². The van der Waals surface area contributed by atoms with Crippen LogP contribution in [0.2, 0.25) is 0 Å². The van der Waals surface area contributed by atoms with Gasteiger partial charge in [-0.3, -0.25) is 19.0 Å². The molecule has 2 amide bonds. The van der Waals surface area contributed by atoms with Crippen LogP contribution >= 0.6 is 0 Å². The lowest BCUT2D eigenvalue weighted by Crippen LogP contribution is -2.37. The molecule has 0 aliphatic heterocycles. The van der Waals surface area contributed by atoms with Crippen LogP contribution < -0.4 is 21.9 Å². The first-order valence-electron chi connectivity index (χ1n) is 12.6. The van der Waals surface area contributed by atoms with Gasteiger partial charge in [0.15, 0.2) is 0 Å². The van der Waals surface area contributed by atoms with E-state index in [0.29, 0.717) is 16.5 Å². The van der Waals surface area contributed by atoms with Crippen LogP contribution in [-0.4, -0.2) is 42.6 Å². The van der Waals surface area contributed by atoms with Gasteiger partial charge < -0.3 is 10.6 Å². The van der Waals surface area contributed by atoms with Gasteiger partial charge in [-0.05, 0) is 57.7 Å². The normalized spacial score (nSPS) is 17.1. The zero-order valence-electron chi connectivity index (χ0n) is 20.2. The molecule has 0 radical (unpaired) electrons. The van der Waals surface area contributed by atoms with Crippen molar-refractivity contribution < 1.29 is 9.59 Å². The van der Waals surface area contributed by atoms with E-state index in [9.17, 15) is 19.2 Å². The molecular weight excluding hydrogens is 448 g/mol. The van der Waals surface area contributed by atoms with Gasteiger partial charge in [0.25, 0.3) is 11.5 Å². The van der Waals surface area contributed by atoms with Gasteiger partial charge in [-0.25, -0.2) is 13.9 Å². The van der Waals surface area contributed by atoms with Crippen LogP contribution in [0.25, 0.3) is 16.7 Å². The summed E-state index contributed by atoms with van der Waals surface area (Å²) in [7, 11) is 0. The summed E-state index contributed by atoms with van der Waals surface area (Å²) in [6.07, 6.45) is 8.16. The Labute approximate surface area is 202 Å². The van der Waals surface area contributed by atoms with Crippen LogP contribution in [0.1, 0.15) is 81.6 Å². The van der Waals surface area contributed by atoms with Crippen molar-refractivity contribution in [2.45, 2.75) is 89.9 Å². The summed E-state index contributed by atoms with van der Waals surface area (Å²) in [5.74, 6) is -0.345. The second-order valence-corrected chi connectivity index (χ2v) is 10.1. The lowest BCUT2D eigenvalue weighted by molar-refractivity contribution is -0.122. The highest BCUT2D eigenvalue weighted by Gasteiger charge is 2.23. The zero-order chi connectivity index (χ0) is 24.7. The summed E-state index contributed by atoms with van der Waals surface area (Å²) in [6, 6.07) is 4.81. The Kier molecular flexibility index (Phi) is 6.21. The van der Waals surface area contributed by atoms with Crippen LogP contribution in [0.5, 0.6) is 0 Å². The fourth-order valence-corrected chi connectivity index (χ4v) is 5.41. The largest absolute Gasteiger partial charge is 0.352 e. The van der Waals surface area contributed by atoms with E-state index in [2.05, 4.69) is 15.7 Å². The van der Waals surface area contributed by atoms with Gasteiger partial charge in [0.2, 0.25) is 11.7 Å². The van der Waals surface area contributed by atoms with Crippen molar-refractivity contribution in [3.8, 4) is 0 Å². The molecule has 1 aromatic carbocycles. The van der Waals surface area contributed by atoms with E-state index in [1.807, 2.05) is 13.8 Å². The second-order valence-electron chi connectivity index (χ2n) is 10.1. The Morgan fingerprint density at radius 3 is 2.26 bits per heavy atom. The summed E-state index contributed by atoms with van der Waals surface area (Å²) >= 11 is 0. The molecule has 2 fully saturated rings. The molecule has 0 bridgehead atoms. The number of carbonyl (C=O) groups is 2. The Balaban J connectivity index is 1.58. The minimum absolute atomic E-state index is 0.130. The van der Waals surface area contributed by atoms with E-state index < -0.39 is 5.69 Å². The second kappa shape index (κ2) is 9.31. The topological polar surface area (TPSA) is 120 Å². The number of aromatic nitrogens is 4. The number of carbonyl (C=O) groups excluding carboxylic acids is 2. The maximum absolute atomic E-state index is 13.4. The van der Waals surface area contributed by atoms with Crippen molar-refractivity contribution in [2.75, 3.05) is 0 Å². The van der Waals surface area contributed by atoms with Gasteiger partial charge in [0, 0.05) is 23.7 Å². The summed E-state index contributed by atoms with van der Waals surface area (Å²) in [5.41, 5.74) is -0.119. The van der Waals surface area contributed by atoms with E-state index in [1.54, 1.807) is 18.2 Å². The number of hydrogen-bond donors (Lipinski definition) is 2. The third-order valence-electron chi connectivity index (χ3n) is 7.21. The molecule has 2 aromatic heterocycles. The minimum atomic E-state index is -0.519. The molecular formula is C25H32N6O4. The highest BCUT2D eigenvalue weighted by atomic mass is 16.2. The van der Waals surface area contributed by atoms with Crippen molar-refractivity contribution in [1.29, 1.82) is 0 Å². The molecule has 0 saturated heterocycles. The number of rotatable bonds is 6. The number of benzene rings is 1. The van der Waals surface area contributed by atoms with Gasteiger partial charge in [0.05, 0.1) is 10.9 Å². The Bertz CT molecular complexity index is 1400. The summed E-state index contributed by atoms with van der Waals surface area (Å²) in [6.45, 7) is 3.45. The van der Waals surface area contributed by atoms with Crippen molar-refractivity contribution in [3.63, 3.8) is 0 Å². The van der Waals surface area contributed by atoms with E-state index in [0.717, 1.165) is 56.0 Å². The fourth-order valence-electron chi connectivity index (χ4n) is 5.41. The monoisotopic (exact) mass is 480 g/mol. The van der Waals surface area contributed by atoms with E-state index in [-0.39, 0.29) is 47.8 Å². The number of amides is 2. The summed E-state index contributed by atoms with van der Waals surface area (Å²) in [4.78, 5) is 52.3. The molecule has 10 nitrogen and oxygen atoms in total. The highest BCUT2D eigenvalue weighted by molar-refractivity contribution is 5.98. The predicted octanol–water partition coefficient (Wildman–Crippen LogP) is 2.12. The third-order valence-corrected chi connectivity index (χ3v) is 7.21. The molecule has 0 atom stereocenters. The molecule has 0 unspecified atom stereocenters. The highest BCUT2D eigenvalue weighted by Crippen LogP contribution is 2.20. The van der Waals surface area contributed by atoms with Gasteiger partial charge in [-0.1, -0.05) is 25.7 Å². The first-order valence-corrected chi connectivity index (χ1v) is 12.6. The van der Waals surface area contributed by atoms with Crippen molar-refractivity contribution in [3.05, 3.63) is 44.6 Å². The van der Waals surface area contributed by atoms with E-state index in [4.69, 9.17) is 0 Å². The lowest BCUT2D eigenvalue weighted by Gasteiger charge is -2.14. The predicted molar refractivity (Wildman–Crippen MR) is 132 cm³/mol. The van der Waals surface area contributed by atoms with Gasteiger partial charge >= 0.3 is 5.69 Å². The van der Waals surface area contributed by atoms with Gasteiger partial charge in [0.1, 0.15) is 6.54 Å². The first kappa shape index (κ1) is 23.3. The lowest BCUT2D eigenvalue weighted by atomic mass is 10.1. The maximum atomic E-state index is 13.4. The van der Waals surface area contributed by atoms with E-state index >= 15 is 0 Å². The number of hydrogen-bond acceptors (Lipinski definition) is 5. The number of fused-ring (bicyclic) bond motifs is 3. The quantitative estimate of drug-likeness (QED) is 0.560. The third kappa shape index (κ3) is 4.37. The number of nitrogens with one attached hydrogen (secondary N) is 2. The molecule has 35 heavy (non-hydrogen) atoms. The SMILES string of the molecule is CC(C)n1c(=O)c2ccc(C(=O)NC3CCCC3)cc2n2c(=O)n(CC(=O)NC3CCCC3)nc12. The number of nitrogens with zero attached hydrogens (tertiary/aromatic N) is 4. The summed E-state index contributed by atoms with van der Waals surface area (Å²) < 4.78 is 3.89. The Hall–Kier alpha value is -3.43. The first-order chi connectivity index (χ1) is 16.8. The van der Waals surface area contributed by atoms with Crippen molar-refractivity contribution >= 4 is 28.5 Å². The van der Waals surface area contributed by atoms with Gasteiger partial charge in [-0.2, -0.15) is 0 Å². The summed E-state index contributed by atoms with van der Waals surface area (Å²) in [5, 5.41) is 10.7. The van der Waals surface area contributed by atoms with Crippen LogP contribution in [0, 0.1) is 0 Å². The Morgan fingerprint density at radius 1 is 1.00 bits per heavy atom. The average molecular weight is 481 g/mol. The van der Waals surface area contributed by atoms with Crippen LogP contribution in [0.15, 0.2) is 27.8 Å². The molecule has 186 valence electrons. The standard InChI is InChI=1S/C25H32N6O4/c1-15(2)30-23(34)19-12-11-16(22(33)27-18-9-5-6-10-18)13-20(19)31-24(30)28-29(25(31)35)14-21(32)26-17-7-3-4-8-17/h11-13,15,17-18H,3-10,14H2,1-2H3,(H,26,32)(H,27,33). The van der Waals surface area contributed by atoms with Crippen LogP contribution in [0.3, 0.4) is 0 Å². The average Bonchev–Trinajstić information content (AvgIpc) is 3.57. The van der Waals surface area contributed by atoms with E-state index in [1.165, 1.54) is 8.97 Å². The molecule has 2 aliphatic carbocycles. The molecule has 2 heterocycles. The van der Waals surface area contributed by atoms with Crippen LogP contribution in [-0.2, 0) is 11.3 Å². The molecule has 3 aromatic rings. The minimum Gasteiger partial charge on any atom is -0.352 e. The zero-order valence-corrected chi connectivity index (χ0v) is 20.2.